The fourth-order valence-corrected chi connectivity index (χ4v) is 5.74. The zero-order chi connectivity index (χ0) is 17.7. The zero-order valence-electron chi connectivity index (χ0n) is 15.8. The van der Waals surface area contributed by atoms with Crippen LogP contribution < -0.4 is 16.4 Å². The van der Waals surface area contributed by atoms with E-state index in [1.165, 1.54) is 16.8 Å². The summed E-state index contributed by atoms with van der Waals surface area (Å²) in [4.78, 5) is 2.49. The Kier molecular flexibility index (Phi) is 4.33. The van der Waals surface area contributed by atoms with E-state index in [0.29, 0.717) is 17.6 Å². The maximum atomic E-state index is 6.76. The number of piperidine rings is 1. The molecule has 0 aromatic heterocycles. The molecule has 2 saturated carbocycles. The standard InChI is InChI=1S/C21H33N3O/c1-3-25-18-6-8-24(9-7-18)17-4-5-19(15(2)10-17)21(23)13-20(14-21)11-16(22)12-20/h4-5,10,16,18H,3,6-9,11-14,22-23H2,1-2H3. The Morgan fingerprint density at radius 3 is 2.44 bits per heavy atom. The summed E-state index contributed by atoms with van der Waals surface area (Å²) >= 11 is 0. The van der Waals surface area contributed by atoms with Crippen LogP contribution >= 0.6 is 0 Å². The predicted molar refractivity (Wildman–Crippen MR) is 103 cm³/mol. The van der Waals surface area contributed by atoms with Crippen molar-refractivity contribution in [3.05, 3.63) is 29.3 Å². The Bertz CT molecular complexity index is 622. The SMILES string of the molecule is CCOC1CCN(c2ccc(C3(N)CC4(CC(N)C4)C3)c(C)c2)CC1. The maximum absolute atomic E-state index is 6.76. The van der Waals surface area contributed by atoms with Crippen molar-refractivity contribution in [2.24, 2.45) is 16.9 Å². The van der Waals surface area contributed by atoms with Crippen LogP contribution in [0.3, 0.4) is 0 Å². The first-order valence-electron chi connectivity index (χ1n) is 9.95. The first kappa shape index (κ1) is 17.3. The van der Waals surface area contributed by atoms with Crippen LogP contribution in [0.5, 0.6) is 0 Å². The number of nitrogens with zero attached hydrogens (tertiary/aromatic N) is 1. The molecule has 0 radical (unpaired) electrons. The van der Waals surface area contributed by atoms with Crippen LogP contribution in [0.2, 0.25) is 0 Å². The van der Waals surface area contributed by atoms with E-state index in [-0.39, 0.29) is 5.54 Å². The van der Waals surface area contributed by atoms with Crippen LogP contribution in [0.25, 0.3) is 0 Å². The first-order chi connectivity index (χ1) is 11.9. The minimum absolute atomic E-state index is 0.134. The van der Waals surface area contributed by atoms with Crippen LogP contribution in [0.4, 0.5) is 5.69 Å². The van der Waals surface area contributed by atoms with Gasteiger partial charge in [0.05, 0.1) is 6.10 Å². The van der Waals surface area contributed by atoms with Gasteiger partial charge in [0.1, 0.15) is 0 Å². The van der Waals surface area contributed by atoms with Crippen molar-refractivity contribution in [1.29, 1.82) is 0 Å². The lowest BCUT2D eigenvalue weighted by Gasteiger charge is -2.62. The molecule has 3 fully saturated rings. The van der Waals surface area contributed by atoms with Gasteiger partial charge in [0.25, 0.3) is 0 Å². The van der Waals surface area contributed by atoms with Gasteiger partial charge in [-0.15, -0.1) is 0 Å². The van der Waals surface area contributed by atoms with Crippen LogP contribution in [-0.2, 0) is 10.3 Å². The minimum atomic E-state index is -0.134. The Labute approximate surface area is 151 Å². The molecule has 1 saturated heterocycles. The van der Waals surface area contributed by atoms with Gasteiger partial charge in [-0.05, 0) is 81.0 Å². The van der Waals surface area contributed by atoms with Crippen molar-refractivity contribution in [2.45, 2.75) is 70.1 Å². The Balaban J connectivity index is 1.42. The monoisotopic (exact) mass is 343 g/mol. The fraction of sp³-hybridized carbons (Fsp3) is 0.714. The van der Waals surface area contributed by atoms with Crippen molar-refractivity contribution in [2.75, 3.05) is 24.6 Å². The lowest BCUT2D eigenvalue weighted by Crippen LogP contribution is -2.63. The predicted octanol–water partition coefficient (Wildman–Crippen LogP) is 3.06. The average molecular weight is 344 g/mol. The number of aryl methyl sites for hydroxylation is 1. The van der Waals surface area contributed by atoms with Gasteiger partial charge in [-0.2, -0.15) is 0 Å². The van der Waals surface area contributed by atoms with E-state index in [2.05, 4.69) is 36.9 Å². The van der Waals surface area contributed by atoms with E-state index in [1.54, 1.807) is 0 Å². The molecule has 3 aliphatic rings. The Morgan fingerprint density at radius 1 is 1.20 bits per heavy atom. The molecule has 1 aliphatic heterocycles. The second kappa shape index (κ2) is 6.26. The summed E-state index contributed by atoms with van der Waals surface area (Å²) in [5.74, 6) is 0. The average Bonchev–Trinajstić information content (AvgIpc) is 2.53. The van der Waals surface area contributed by atoms with Crippen molar-refractivity contribution >= 4 is 5.69 Å². The van der Waals surface area contributed by atoms with Crippen molar-refractivity contribution in [3.8, 4) is 0 Å². The summed E-state index contributed by atoms with van der Waals surface area (Å²) in [5.41, 5.74) is 17.1. The van der Waals surface area contributed by atoms with Crippen LogP contribution in [0.15, 0.2) is 18.2 Å². The second-order valence-corrected chi connectivity index (χ2v) is 8.82. The summed E-state index contributed by atoms with van der Waals surface area (Å²) in [6.07, 6.45) is 7.22. The van der Waals surface area contributed by atoms with Crippen molar-refractivity contribution in [3.63, 3.8) is 0 Å². The maximum Gasteiger partial charge on any atom is 0.0608 e. The van der Waals surface area contributed by atoms with Crippen LogP contribution in [-0.4, -0.2) is 31.8 Å². The molecule has 2 aliphatic carbocycles. The number of hydrogen-bond donors (Lipinski definition) is 2. The topological polar surface area (TPSA) is 64.5 Å². The Morgan fingerprint density at radius 2 is 1.88 bits per heavy atom. The van der Waals surface area contributed by atoms with Gasteiger partial charge in [-0.25, -0.2) is 0 Å². The molecule has 4 heteroatoms. The molecule has 138 valence electrons. The number of ether oxygens (including phenoxy) is 1. The van der Waals surface area contributed by atoms with Crippen molar-refractivity contribution < 1.29 is 4.74 Å². The molecule has 4 N–H and O–H groups in total. The number of anilines is 1. The normalized spacial score (nSPS) is 35.5. The smallest absolute Gasteiger partial charge is 0.0608 e. The Hall–Kier alpha value is -1.10. The summed E-state index contributed by atoms with van der Waals surface area (Å²) < 4.78 is 5.77. The molecule has 0 unspecified atom stereocenters. The van der Waals surface area contributed by atoms with E-state index in [0.717, 1.165) is 58.2 Å². The molecular weight excluding hydrogens is 310 g/mol. The molecule has 1 aromatic rings. The molecule has 0 atom stereocenters. The molecule has 25 heavy (non-hydrogen) atoms. The number of benzene rings is 1. The van der Waals surface area contributed by atoms with E-state index < -0.39 is 0 Å². The lowest BCUT2D eigenvalue weighted by atomic mass is 9.46. The highest BCUT2D eigenvalue weighted by molar-refractivity contribution is 5.53. The highest BCUT2D eigenvalue weighted by Gasteiger charge is 2.58. The minimum Gasteiger partial charge on any atom is -0.378 e. The van der Waals surface area contributed by atoms with Gasteiger partial charge < -0.3 is 21.1 Å². The fourth-order valence-electron chi connectivity index (χ4n) is 5.74. The van der Waals surface area contributed by atoms with Gasteiger partial charge in [0.15, 0.2) is 0 Å². The third-order valence-electron chi connectivity index (χ3n) is 6.73. The van der Waals surface area contributed by atoms with Gasteiger partial charge in [0, 0.05) is 37.0 Å². The van der Waals surface area contributed by atoms with E-state index in [4.69, 9.17) is 16.2 Å². The second-order valence-electron chi connectivity index (χ2n) is 8.82. The molecule has 0 bridgehead atoms. The summed E-state index contributed by atoms with van der Waals surface area (Å²) in [6.45, 7) is 7.29. The summed E-state index contributed by atoms with van der Waals surface area (Å²) in [7, 11) is 0. The third-order valence-corrected chi connectivity index (χ3v) is 6.73. The molecule has 4 rings (SSSR count). The third kappa shape index (κ3) is 3.09. The molecule has 0 amide bonds. The first-order valence-corrected chi connectivity index (χ1v) is 9.95. The molecule has 4 nitrogen and oxygen atoms in total. The quantitative estimate of drug-likeness (QED) is 0.882. The van der Waals surface area contributed by atoms with Crippen LogP contribution in [0.1, 0.15) is 56.6 Å². The molecule has 1 aromatic carbocycles. The molecule has 1 spiro atoms. The van der Waals surface area contributed by atoms with E-state index in [9.17, 15) is 0 Å². The lowest BCUT2D eigenvalue weighted by molar-refractivity contribution is -0.0592. The number of rotatable bonds is 4. The molecule has 1 heterocycles. The van der Waals surface area contributed by atoms with E-state index in [1.807, 2.05) is 0 Å². The summed E-state index contributed by atoms with van der Waals surface area (Å²) in [5, 5.41) is 0. The summed E-state index contributed by atoms with van der Waals surface area (Å²) in [6, 6.07) is 7.30. The highest BCUT2D eigenvalue weighted by Crippen LogP contribution is 2.62. The van der Waals surface area contributed by atoms with E-state index >= 15 is 0 Å². The largest absolute Gasteiger partial charge is 0.378 e. The number of hydrogen-bond acceptors (Lipinski definition) is 4. The van der Waals surface area contributed by atoms with Gasteiger partial charge in [-0.1, -0.05) is 6.07 Å². The van der Waals surface area contributed by atoms with Crippen molar-refractivity contribution in [1.82, 2.24) is 0 Å². The number of nitrogens with two attached hydrogens (primary N) is 2. The zero-order valence-corrected chi connectivity index (χ0v) is 15.8. The molecular formula is C21H33N3O. The van der Waals surface area contributed by atoms with Gasteiger partial charge >= 0.3 is 0 Å². The van der Waals surface area contributed by atoms with Gasteiger partial charge in [0.2, 0.25) is 0 Å². The van der Waals surface area contributed by atoms with Gasteiger partial charge in [-0.3, -0.25) is 0 Å². The van der Waals surface area contributed by atoms with Crippen LogP contribution in [0, 0.1) is 12.3 Å². The highest BCUT2D eigenvalue weighted by atomic mass is 16.5.